The molecular weight excluding hydrogens is 398 g/mol. The lowest BCUT2D eigenvalue weighted by molar-refractivity contribution is -0.116. The van der Waals surface area contributed by atoms with Gasteiger partial charge in [-0.25, -0.2) is 4.98 Å². The van der Waals surface area contributed by atoms with Crippen LogP contribution in [-0.4, -0.2) is 34.8 Å². The van der Waals surface area contributed by atoms with Crippen LogP contribution in [0, 0.1) is 13.8 Å². The van der Waals surface area contributed by atoms with E-state index < -0.39 is 0 Å². The van der Waals surface area contributed by atoms with Crippen LogP contribution in [0.5, 0.6) is 0 Å². The minimum Gasteiger partial charge on any atom is -0.362 e. The fraction of sp³-hybridized carbons (Fsp3) is 0.261. The van der Waals surface area contributed by atoms with Crippen molar-refractivity contribution in [3.8, 4) is 0 Å². The van der Waals surface area contributed by atoms with E-state index in [1.54, 1.807) is 12.3 Å². The van der Waals surface area contributed by atoms with Crippen LogP contribution in [0.4, 0.5) is 5.82 Å². The van der Waals surface area contributed by atoms with Gasteiger partial charge in [0.25, 0.3) is 0 Å². The summed E-state index contributed by atoms with van der Waals surface area (Å²) in [4.78, 5) is 18.6. The van der Waals surface area contributed by atoms with Crippen LogP contribution in [0.25, 0.3) is 6.08 Å². The number of anilines is 1. The number of hydrogen-bond acceptors (Lipinski definition) is 4. The SMILES string of the molecule is Cc1nn(Cc2ccccc2Cl)c(C)c1C=CC(=O)NCc1cccnc1N(C)C. The van der Waals surface area contributed by atoms with Crippen LogP contribution in [0.1, 0.15) is 28.1 Å². The Morgan fingerprint density at radius 1 is 1.17 bits per heavy atom. The summed E-state index contributed by atoms with van der Waals surface area (Å²) >= 11 is 6.28. The molecule has 156 valence electrons. The number of aryl methyl sites for hydroxylation is 1. The molecular formula is C23H26ClN5O. The molecule has 3 rings (SSSR count). The quantitative estimate of drug-likeness (QED) is 0.583. The van der Waals surface area contributed by atoms with Crippen molar-refractivity contribution in [1.29, 1.82) is 0 Å². The third kappa shape index (κ3) is 5.07. The van der Waals surface area contributed by atoms with Crippen molar-refractivity contribution < 1.29 is 4.79 Å². The van der Waals surface area contributed by atoms with Gasteiger partial charge in [-0.05, 0) is 37.6 Å². The van der Waals surface area contributed by atoms with Crippen molar-refractivity contribution in [2.24, 2.45) is 0 Å². The van der Waals surface area contributed by atoms with Crippen molar-refractivity contribution in [3.05, 3.63) is 81.8 Å². The van der Waals surface area contributed by atoms with Crippen molar-refractivity contribution >= 4 is 29.4 Å². The third-order valence-electron chi connectivity index (χ3n) is 4.86. The molecule has 1 aromatic carbocycles. The van der Waals surface area contributed by atoms with Crippen LogP contribution in [0.15, 0.2) is 48.7 Å². The van der Waals surface area contributed by atoms with Gasteiger partial charge in [-0.1, -0.05) is 35.9 Å². The molecule has 6 nitrogen and oxygen atoms in total. The second kappa shape index (κ2) is 9.59. The van der Waals surface area contributed by atoms with Gasteiger partial charge in [0.1, 0.15) is 5.82 Å². The van der Waals surface area contributed by atoms with E-state index in [9.17, 15) is 4.79 Å². The standard InChI is InChI=1S/C23H26ClN5O/c1-16-20(17(2)29(27-16)15-19-8-5-6-10-21(19)24)11-12-22(30)26-14-18-9-7-13-25-23(18)28(3)4/h5-13H,14-15H2,1-4H3,(H,26,30). The molecule has 0 spiro atoms. The fourth-order valence-corrected chi connectivity index (χ4v) is 3.46. The molecule has 2 aromatic heterocycles. The van der Waals surface area contributed by atoms with Gasteiger partial charge < -0.3 is 10.2 Å². The van der Waals surface area contributed by atoms with Gasteiger partial charge in [0.15, 0.2) is 0 Å². The first kappa shape index (κ1) is 21.6. The first-order valence-corrected chi connectivity index (χ1v) is 10.1. The van der Waals surface area contributed by atoms with E-state index in [-0.39, 0.29) is 5.91 Å². The van der Waals surface area contributed by atoms with Crippen LogP contribution in [0.3, 0.4) is 0 Å². The Morgan fingerprint density at radius 3 is 2.63 bits per heavy atom. The minimum atomic E-state index is -0.166. The Kier molecular flexibility index (Phi) is 6.90. The summed E-state index contributed by atoms with van der Waals surface area (Å²) in [5.74, 6) is 0.676. The molecule has 1 N–H and O–H groups in total. The first-order valence-electron chi connectivity index (χ1n) is 9.71. The lowest BCUT2D eigenvalue weighted by Gasteiger charge is -2.15. The number of nitrogens with zero attached hydrogens (tertiary/aromatic N) is 4. The Bertz CT molecular complexity index is 1070. The molecule has 0 bridgehead atoms. The molecule has 0 radical (unpaired) electrons. The molecule has 0 atom stereocenters. The number of aromatic nitrogens is 3. The number of rotatable bonds is 7. The zero-order valence-corrected chi connectivity index (χ0v) is 18.4. The lowest BCUT2D eigenvalue weighted by Crippen LogP contribution is -2.22. The van der Waals surface area contributed by atoms with Crippen LogP contribution in [0.2, 0.25) is 5.02 Å². The van der Waals surface area contributed by atoms with Gasteiger partial charge in [0, 0.05) is 54.8 Å². The van der Waals surface area contributed by atoms with E-state index in [0.29, 0.717) is 18.1 Å². The van der Waals surface area contributed by atoms with Crippen LogP contribution < -0.4 is 10.2 Å². The second-order valence-electron chi connectivity index (χ2n) is 7.27. The number of carbonyl (C=O) groups excluding carboxylic acids is 1. The number of hydrogen-bond donors (Lipinski definition) is 1. The van der Waals surface area contributed by atoms with Crippen LogP contribution in [-0.2, 0) is 17.9 Å². The molecule has 3 aromatic rings. The number of halogens is 1. The molecule has 0 aliphatic rings. The van der Waals surface area contributed by atoms with Crippen molar-refractivity contribution in [2.75, 3.05) is 19.0 Å². The highest BCUT2D eigenvalue weighted by Gasteiger charge is 2.11. The minimum absolute atomic E-state index is 0.166. The molecule has 0 fully saturated rings. The summed E-state index contributed by atoms with van der Waals surface area (Å²) in [6.45, 7) is 4.93. The van der Waals surface area contributed by atoms with E-state index in [0.717, 1.165) is 33.9 Å². The highest BCUT2D eigenvalue weighted by Crippen LogP contribution is 2.20. The maximum Gasteiger partial charge on any atom is 0.244 e. The summed E-state index contributed by atoms with van der Waals surface area (Å²) < 4.78 is 1.91. The summed E-state index contributed by atoms with van der Waals surface area (Å²) in [5.41, 5.74) is 4.76. The Labute approximate surface area is 182 Å². The molecule has 0 unspecified atom stereocenters. The lowest BCUT2D eigenvalue weighted by atomic mass is 10.1. The van der Waals surface area contributed by atoms with E-state index in [2.05, 4.69) is 15.4 Å². The average Bonchev–Trinajstić information content (AvgIpc) is 2.99. The highest BCUT2D eigenvalue weighted by atomic mass is 35.5. The Hall–Kier alpha value is -3.12. The molecule has 30 heavy (non-hydrogen) atoms. The van der Waals surface area contributed by atoms with E-state index in [1.807, 2.05) is 80.0 Å². The highest BCUT2D eigenvalue weighted by molar-refractivity contribution is 6.31. The second-order valence-corrected chi connectivity index (χ2v) is 7.67. The molecule has 2 heterocycles. The van der Waals surface area contributed by atoms with Gasteiger partial charge in [0.2, 0.25) is 5.91 Å². The van der Waals surface area contributed by atoms with Gasteiger partial charge in [-0.2, -0.15) is 5.10 Å². The average molecular weight is 424 g/mol. The van der Waals surface area contributed by atoms with Crippen molar-refractivity contribution in [3.63, 3.8) is 0 Å². The first-order chi connectivity index (χ1) is 14.4. The predicted molar refractivity (Wildman–Crippen MR) is 122 cm³/mol. The zero-order chi connectivity index (χ0) is 21.7. The van der Waals surface area contributed by atoms with Gasteiger partial charge in [0.05, 0.1) is 12.2 Å². The van der Waals surface area contributed by atoms with Gasteiger partial charge >= 0.3 is 0 Å². The molecule has 0 saturated heterocycles. The summed E-state index contributed by atoms with van der Waals surface area (Å²) in [6, 6.07) is 11.6. The van der Waals surface area contributed by atoms with E-state index in [1.165, 1.54) is 0 Å². The third-order valence-corrected chi connectivity index (χ3v) is 5.23. The van der Waals surface area contributed by atoms with E-state index >= 15 is 0 Å². The largest absolute Gasteiger partial charge is 0.362 e. The monoisotopic (exact) mass is 423 g/mol. The van der Waals surface area contributed by atoms with E-state index in [4.69, 9.17) is 11.6 Å². The molecule has 0 saturated carbocycles. The summed E-state index contributed by atoms with van der Waals surface area (Å²) in [7, 11) is 3.86. The Morgan fingerprint density at radius 2 is 1.90 bits per heavy atom. The molecule has 0 aliphatic heterocycles. The number of nitrogens with one attached hydrogen (secondary N) is 1. The summed E-state index contributed by atoms with van der Waals surface area (Å²) in [6.07, 6.45) is 5.10. The van der Waals surface area contributed by atoms with Crippen molar-refractivity contribution in [2.45, 2.75) is 26.9 Å². The predicted octanol–water partition coefficient (Wildman–Crippen LogP) is 3.99. The van der Waals surface area contributed by atoms with Gasteiger partial charge in [-0.3, -0.25) is 9.48 Å². The van der Waals surface area contributed by atoms with Crippen molar-refractivity contribution in [1.82, 2.24) is 20.1 Å². The molecule has 0 aliphatic carbocycles. The summed E-state index contributed by atoms with van der Waals surface area (Å²) in [5, 5.41) is 8.25. The number of pyridine rings is 1. The topological polar surface area (TPSA) is 63.1 Å². The maximum atomic E-state index is 12.4. The molecule has 1 amide bonds. The molecule has 7 heteroatoms. The normalized spacial score (nSPS) is 11.1. The smallest absolute Gasteiger partial charge is 0.244 e. The van der Waals surface area contributed by atoms with Gasteiger partial charge in [-0.15, -0.1) is 0 Å². The zero-order valence-electron chi connectivity index (χ0n) is 17.7. The fourth-order valence-electron chi connectivity index (χ4n) is 3.27. The number of amides is 1. The van der Waals surface area contributed by atoms with Crippen LogP contribution >= 0.6 is 11.6 Å². The number of carbonyl (C=O) groups is 1. The Balaban J connectivity index is 1.68. The maximum absolute atomic E-state index is 12.4. The number of benzene rings is 1.